The molecule has 2 aromatic carbocycles. The Labute approximate surface area is 160 Å². The topological polar surface area (TPSA) is 66.5 Å². The number of rotatable bonds is 9. The van der Waals surface area contributed by atoms with Crippen LogP contribution < -0.4 is 5.32 Å². The van der Waals surface area contributed by atoms with Crippen molar-refractivity contribution in [3.8, 4) is 0 Å². The van der Waals surface area contributed by atoms with Gasteiger partial charge in [-0.2, -0.15) is 4.31 Å². The molecule has 0 radical (unpaired) electrons. The van der Waals surface area contributed by atoms with Crippen LogP contribution in [0.15, 0.2) is 53.4 Å². The van der Waals surface area contributed by atoms with Gasteiger partial charge in [0, 0.05) is 13.1 Å². The molecule has 0 heterocycles. The predicted octanol–water partition coefficient (Wildman–Crippen LogP) is 2.89. The fourth-order valence-electron chi connectivity index (χ4n) is 2.61. The molecule has 146 valence electrons. The molecule has 0 saturated carbocycles. The Morgan fingerprint density at radius 3 is 2.30 bits per heavy atom. The van der Waals surface area contributed by atoms with E-state index < -0.39 is 10.0 Å². The highest BCUT2D eigenvalue weighted by Gasteiger charge is 2.25. The van der Waals surface area contributed by atoms with E-state index in [-0.39, 0.29) is 29.7 Å². The van der Waals surface area contributed by atoms with Gasteiger partial charge >= 0.3 is 0 Å². The van der Waals surface area contributed by atoms with Crippen molar-refractivity contribution in [1.29, 1.82) is 0 Å². The van der Waals surface area contributed by atoms with Gasteiger partial charge in [0.1, 0.15) is 5.82 Å². The molecule has 7 heteroatoms. The van der Waals surface area contributed by atoms with Crippen molar-refractivity contribution in [3.63, 3.8) is 0 Å². The van der Waals surface area contributed by atoms with Gasteiger partial charge in [-0.05, 0) is 49.6 Å². The van der Waals surface area contributed by atoms with Crippen molar-refractivity contribution in [2.24, 2.45) is 0 Å². The lowest BCUT2D eigenvalue weighted by molar-refractivity contribution is -0.121. The summed E-state index contributed by atoms with van der Waals surface area (Å²) in [6.07, 6.45) is 1.15. The van der Waals surface area contributed by atoms with Crippen LogP contribution >= 0.6 is 0 Å². The van der Waals surface area contributed by atoms with Crippen LogP contribution in [-0.2, 0) is 21.2 Å². The highest BCUT2D eigenvalue weighted by atomic mass is 32.2. The average molecular weight is 392 g/mol. The highest BCUT2D eigenvalue weighted by molar-refractivity contribution is 7.89. The first-order valence-corrected chi connectivity index (χ1v) is 10.3. The van der Waals surface area contributed by atoms with Crippen LogP contribution in [-0.4, -0.2) is 38.3 Å². The first-order chi connectivity index (χ1) is 12.8. The number of carbonyl (C=O) groups excluding carboxylic acids is 1. The molecule has 0 aliphatic carbocycles. The SMILES string of the molecule is CCCN(CC(=O)NCCc1ccc(F)cc1)S(=O)(=O)c1ccc(C)cc1. The number of benzene rings is 2. The van der Waals surface area contributed by atoms with Crippen LogP contribution in [0.1, 0.15) is 24.5 Å². The lowest BCUT2D eigenvalue weighted by atomic mass is 10.1. The molecule has 0 aliphatic heterocycles. The Balaban J connectivity index is 1.96. The fraction of sp³-hybridized carbons (Fsp3) is 0.350. The number of halogens is 1. The summed E-state index contributed by atoms with van der Waals surface area (Å²) in [6.45, 7) is 4.14. The quantitative estimate of drug-likeness (QED) is 0.714. The number of carbonyl (C=O) groups is 1. The Kier molecular flexibility index (Phi) is 7.50. The normalized spacial score (nSPS) is 11.6. The number of amides is 1. The monoisotopic (exact) mass is 392 g/mol. The molecule has 27 heavy (non-hydrogen) atoms. The zero-order chi connectivity index (χ0) is 19.9. The molecule has 1 N–H and O–H groups in total. The minimum Gasteiger partial charge on any atom is -0.355 e. The van der Waals surface area contributed by atoms with Gasteiger partial charge in [0.15, 0.2) is 0 Å². The van der Waals surface area contributed by atoms with E-state index in [0.29, 0.717) is 19.4 Å². The minimum absolute atomic E-state index is 0.181. The van der Waals surface area contributed by atoms with Gasteiger partial charge in [-0.15, -0.1) is 0 Å². The van der Waals surface area contributed by atoms with E-state index in [1.807, 2.05) is 13.8 Å². The van der Waals surface area contributed by atoms with Crippen molar-refractivity contribution in [2.45, 2.75) is 31.6 Å². The van der Waals surface area contributed by atoms with Crippen LogP contribution in [0.2, 0.25) is 0 Å². The smallest absolute Gasteiger partial charge is 0.243 e. The van der Waals surface area contributed by atoms with Crippen molar-refractivity contribution in [1.82, 2.24) is 9.62 Å². The third-order valence-corrected chi connectivity index (χ3v) is 5.96. The zero-order valence-electron chi connectivity index (χ0n) is 15.6. The summed E-state index contributed by atoms with van der Waals surface area (Å²) < 4.78 is 39.7. The number of hydrogen-bond acceptors (Lipinski definition) is 3. The maximum Gasteiger partial charge on any atom is 0.243 e. The maximum absolute atomic E-state index is 12.9. The van der Waals surface area contributed by atoms with Gasteiger partial charge in [0.2, 0.25) is 15.9 Å². The van der Waals surface area contributed by atoms with Gasteiger partial charge < -0.3 is 5.32 Å². The molecule has 2 rings (SSSR count). The molecule has 1 amide bonds. The molecule has 0 unspecified atom stereocenters. The lowest BCUT2D eigenvalue weighted by Gasteiger charge is -2.21. The Bertz CT molecular complexity index is 850. The van der Waals surface area contributed by atoms with E-state index in [2.05, 4.69) is 5.32 Å². The average Bonchev–Trinajstić information content (AvgIpc) is 2.63. The third kappa shape index (κ3) is 6.15. The van der Waals surface area contributed by atoms with Crippen molar-refractivity contribution < 1.29 is 17.6 Å². The number of sulfonamides is 1. The van der Waals surface area contributed by atoms with Crippen molar-refractivity contribution in [2.75, 3.05) is 19.6 Å². The molecule has 0 fully saturated rings. The van der Waals surface area contributed by atoms with Gasteiger partial charge in [-0.3, -0.25) is 4.79 Å². The van der Waals surface area contributed by atoms with E-state index in [0.717, 1.165) is 11.1 Å². The standard InChI is InChI=1S/C20H25FN2O3S/c1-3-14-23(27(25,26)19-10-4-16(2)5-11-19)15-20(24)22-13-12-17-6-8-18(21)9-7-17/h4-11H,3,12-15H2,1-2H3,(H,22,24). The molecule has 0 spiro atoms. The Hall–Kier alpha value is -2.25. The second-order valence-electron chi connectivity index (χ2n) is 6.38. The molecule has 0 aromatic heterocycles. The minimum atomic E-state index is -3.73. The molecule has 0 atom stereocenters. The van der Waals surface area contributed by atoms with Crippen LogP contribution in [0.4, 0.5) is 4.39 Å². The van der Waals surface area contributed by atoms with Crippen molar-refractivity contribution >= 4 is 15.9 Å². The third-order valence-electron chi connectivity index (χ3n) is 4.10. The van der Waals surface area contributed by atoms with E-state index in [4.69, 9.17) is 0 Å². The summed E-state index contributed by atoms with van der Waals surface area (Å²) in [5.74, 6) is -0.666. The summed E-state index contributed by atoms with van der Waals surface area (Å²) in [5.41, 5.74) is 1.86. The van der Waals surface area contributed by atoms with Gasteiger partial charge in [-0.25, -0.2) is 12.8 Å². The summed E-state index contributed by atoms with van der Waals surface area (Å²) in [5, 5.41) is 2.73. The Morgan fingerprint density at radius 1 is 1.07 bits per heavy atom. The van der Waals surface area contributed by atoms with Crippen molar-refractivity contribution in [3.05, 3.63) is 65.5 Å². The highest BCUT2D eigenvalue weighted by Crippen LogP contribution is 2.16. The van der Waals surface area contributed by atoms with E-state index in [1.165, 1.54) is 16.4 Å². The largest absolute Gasteiger partial charge is 0.355 e. The molecule has 0 saturated heterocycles. The summed E-state index contributed by atoms with van der Waals surface area (Å²) in [6, 6.07) is 12.6. The predicted molar refractivity (Wildman–Crippen MR) is 103 cm³/mol. The second-order valence-corrected chi connectivity index (χ2v) is 8.32. The van der Waals surface area contributed by atoms with Gasteiger partial charge in [-0.1, -0.05) is 36.8 Å². The van der Waals surface area contributed by atoms with Crippen LogP contribution in [0.3, 0.4) is 0 Å². The number of hydrogen-bond donors (Lipinski definition) is 1. The van der Waals surface area contributed by atoms with E-state index in [1.54, 1.807) is 36.4 Å². The summed E-state index contributed by atoms with van der Waals surface area (Å²) in [7, 11) is -3.73. The number of nitrogens with zero attached hydrogens (tertiary/aromatic N) is 1. The first-order valence-electron chi connectivity index (χ1n) is 8.91. The van der Waals surface area contributed by atoms with E-state index >= 15 is 0 Å². The fourth-order valence-corrected chi connectivity index (χ4v) is 4.09. The molecular weight excluding hydrogens is 367 g/mol. The molecule has 0 aliphatic rings. The van der Waals surface area contributed by atoms with Crippen LogP contribution in [0.25, 0.3) is 0 Å². The Morgan fingerprint density at radius 2 is 1.70 bits per heavy atom. The second kappa shape index (κ2) is 9.62. The van der Waals surface area contributed by atoms with Gasteiger partial charge in [0.05, 0.1) is 11.4 Å². The lowest BCUT2D eigenvalue weighted by Crippen LogP contribution is -2.41. The van der Waals surface area contributed by atoms with Gasteiger partial charge in [0.25, 0.3) is 0 Å². The summed E-state index contributed by atoms with van der Waals surface area (Å²) in [4.78, 5) is 12.4. The van der Waals surface area contributed by atoms with Crippen LogP contribution in [0, 0.1) is 12.7 Å². The number of nitrogens with one attached hydrogen (secondary N) is 1. The first kappa shape index (κ1) is 21.1. The molecule has 0 bridgehead atoms. The number of aryl methyl sites for hydroxylation is 1. The maximum atomic E-state index is 12.9. The van der Waals surface area contributed by atoms with E-state index in [9.17, 15) is 17.6 Å². The molecule has 5 nitrogen and oxygen atoms in total. The summed E-state index contributed by atoms with van der Waals surface area (Å²) >= 11 is 0. The zero-order valence-corrected chi connectivity index (χ0v) is 16.4. The van der Waals surface area contributed by atoms with Crippen LogP contribution in [0.5, 0.6) is 0 Å². The molecular formula is C20H25FN2O3S. The molecule has 2 aromatic rings.